The lowest BCUT2D eigenvalue weighted by Crippen LogP contribution is -2.31. The number of ether oxygens (including phenoxy) is 4. The van der Waals surface area contributed by atoms with Crippen LogP contribution in [0.2, 0.25) is 0 Å². The van der Waals surface area contributed by atoms with E-state index in [1.54, 1.807) is 0 Å². The topological polar surface area (TPSA) is 174 Å². The van der Waals surface area contributed by atoms with E-state index < -0.39 is 30.1 Å². The highest BCUT2D eigenvalue weighted by atomic mass is 16.6. The number of ketones is 1. The SMILES string of the molecule is CCCCCCCCCCCC(=O)OC[C@@H](COC(=O)CCC(=O)OCCCC(=O)C(N)CCCCN)OC(=O)CCCCCCCCCCC. The molecule has 0 aromatic heterocycles. The maximum Gasteiger partial charge on any atom is 0.306 e. The van der Waals surface area contributed by atoms with Crippen molar-refractivity contribution in [2.45, 2.75) is 199 Å². The van der Waals surface area contributed by atoms with Gasteiger partial charge in [0.2, 0.25) is 0 Å². The Morgan fingerprint density at radius 2 is 0.902 bits per heavy atom. The summed E-state index contributed by atoms with van der Waals surface area (Å²) in [6.07, 6.45) is 22.3. The zero-order valence-corrected chi connectivity index (χ0v) is 32.4. The van der Waals surface area contributed by atoms with Crippen molar-refractivity contribution in [1.29, 1.82) is 0 Å². The Morgan fingerprint density at radius 1 is 0.471 bits per heavy atom. The van der Waals surface area contributed by atoms with Crippen molar-refractivity contribution in [1.82, 2.24) is 0 Å². The number of hydrogen-bond acceptors (Lipinski definition) is 11. The molecule has 0 rings (SSSR count). The summed E-state index contributed by atoms with van der Waals surface area (Å²) in [6.45, 7) is 4.54. The minimum absolute atomic E-state index is 0.0521. The van der Waals surface area contributed by atoms with Gasteiger partial charge >= 0.3 is 23.9 Å². The Morgan fingerprint density at radius 3 is 1.39 bits per heavy atom. The molecule has 0 radical (unpaired) electrons. The second-order valence-electron chi connectivity index (χ2n) is 13.8. The van der Waals surface area contributed by atoms with Crippen LogP contribution in [0, 0.1) is 0 Å². The van der Waals surface area contributed by atoms with Crippen LogP contribution < -0.4 is 11.5 Å². The number of hydrogen-bond donors (Lipinski definition) is 2. The highest BCUT2D eigenvalue weighted by Gasteiger charge is 2.20. The van der Waals surface area contributed by atoms with E-state index in [4.69, 9.17) is 30.4 Å². The summed E-state index contributed by atoms with van der Waals surface area (Å²) in [6, 6.07) is -0.539. The standard InChI is InChI=1S/C40H74N2O9/c1-3-5-7-9-11-13-15-17-19-26-37(44)49-32-34(51-40(47)27-20-18-16-14-12-10-8-6-4-2)33-50-39(46)29-28-38(45)48-31-23-25-36(43)35(42)24-21-22-30-41/h34-35H,3-33,41-42H2,1-2H3/t34-,35?/m0/s1. The summed E-state index contributed by atoms with van der Waals surface area (Å²) in [5, 5.41) is 0. The lowest BCUT2D eigenvalue weighted by atomic mass is 10.0. The van der Waals surface area contributed by atoms with E-state index in [1.165, 1.54) is 70.6 Å². The molecule has 298 valence electrons. The molecule has 2 atom stereocenters. The molecule has 11 nitrogen and oxygen atoms in total. The number of rotatable bonds is 37. The highest BCUT2D eigenvalue weighted by Crippen LogP contribution is 2.13. The van der Waals surface area contributed by atoms with E-state index in [2.05, 4.69) is 13.8 Å². The molecular formula is C40H74N2O9. The number of nitrogens with two attached hydrogens (primary N) is 2. The lowest BCUT2D eigenvalue weighted by Gasteiger charge is -2.18. The third-order valence-corrected chi connectivity index (χ3v) is 8.87. The summed E-state index contributed by atoms with van der Waals surface area (Å²) >= 11 is 0. The first-order chi connectivity index (χ1) is 24.7. The van der Waals surface area contributed by atoms with Crippen molar-refractivity contribution in [3.63, 3.8) is 0 Å². The second kappa shape index (κ2) is 35.9. The van der Waals surface area contributed by atoms with Crippen LogP contribution in [0.1, 0.15) is 187 Å². The predicted molar refractivity (Wildman–Crippen MR) is 201 cm³/mol. The minimum atomic E-state index is -0.932. The first-order valence-corrected chi connectivity index (χ1v) is 20.4. The number of carbonyl (C=O) groups excluding carboxylic acids is 5. The van der Waals surface area contributed by atoms with E-state index >= 15 is 0 Å². The van der Waals surface area contributed by atoms with Gasteiger partial charge in [0.05, 0.1) is 25.5 Å². The Bertz CT molecular complexity index is 899. The Hall–Kier alpha value is -2.53. The third-order valence-electron chi connectivity index (χ3n) is 8.87. The molecule has 0 spiro atoms. The average Bonchev–Trinajstić information content (AvgIpc) is 3.12. The Balaban J connectivity index is 4.53. The molecule has 11 heteroatoms. The van der Waals surface area contributed by atoms with Gasteiger partial charge in [0.25, 0.3) is 0 Å². The largest absolute Gasteiger partial charge is 0.466 e. The van der Waals surface area contributed by atoms with Gasteiger partial charge in [-0.3, -0.25) is 24.0 Å². The molecule has 0 aromatic carbocycles. The molecule has 0 saturated carbocycles. The summed E-state index contributed by atoms with van der Waals surface area (Å²) in [4.78, 5) is 61.6. The van der Waals surface area contributed by atoms with Crippen LogP contribution in [-0.4, -0.2) is 68.2 Å². The van der Waals surface area contributed by atoms with Gasteiger partial charge in [0.1, 0.15) is 19.0 Å². The highest BCUT2D eigenvalue weighted by molar-refractivity contribution is 5.83. The van der Waals surface area contributed by atoms with Gasteiger partial charge < -0.3 is 30.4 Å². The van der Waals surface area contributed by atoms with E-state index in [1.807, 2.05) is 0 Å². The lowest BCUT2D eigenvalue weighted by molar-refractivity contribution is -0.167. The Kier molecular flexibility index (Phi) is 34.1. The van der Waals surface area contributed by atoms with Gasteiger partial charge in [0, 0.05) is 19.3 Å². The minimum Gasteiger partial charge on any atom is -0.466 e. The van der Waals surface area contributed by atoms with Gasteiger partial charge in [0.15, 0.2) is 6.10 Å². The molecule has 0 aromatic rings. The van der Waals surface area contributed by atoms with Crippen molar-refractivity contribution >= 4 is 29.7 Å². The summed E-state index contributed by atoms with van der Waals surface area (Å²) < 4.78 is 21.4. The van der Waals surface area contributed by atoms with Gasteiger partial charge in [-0.15, -0.1) is 0 Å². The van der Waals surface area contributed by atoms with Gasteiger partial charge in [-0.05, 0) is 38.6 Å². The molecular weight excluding hydrogens is 652 g/mol. The van der Waals surface area contributed by atoms with Crippen LogP contribution in [0.4, 0.5) is 0 Å². The van der Waals surface area contributed by atoms with E-state index in [-0.39, 0.29) is 63.7 Å². The quantitative estimate of drug-likeness (QED) is 0.0361. The second-order valence-corrected chi connectivity index (χ2v) is 13.8. The van der Waals surface area contributed by atoms with Crippen molar-refractivity contribution in [3.05, 3.63) is 0 Å². The Labute approximate surface area is 309 Å². The molecule has 0 bridgehead atoms. The number of esters is 4. The van der Waals surface area contributed by atoms with Crippen LogP contribution >= 0.6 is 0 Å². The molecule has 0 heterocycles. The molecule has 1 unspecified atom stereocenters. The normalized spacial score (nSPS) is 12.2. The zero-order valence-electron chi connectivity index (χ0n) is 32.4. The number of Topliss-reactive ketones (excluding diaryl/α,β-unsaturated/α-hetero) is 1. The molecule has 4 N–H and O–H groups in total. The monoisotopic (exact) mass is 727 g/mol. The van der Waals surface area contributed by atoms with Crippen LogP contribution in [-0.2, 0) is 42.9 Å². The van der Waals surface area contributed by atoms with Crippen LogP contribution in [0.5, 0.6) is 0 Å². The first kappa shape index (κ1) is 48.5. The van der Waals surface area contributed by atoms with Crippen molar-refractivity contribution < 1.29 is 42.9 Å². The fourth-order valence-corrected chi connectivity index (χ4v) is 5.60. The van der Waals surface area contributed by atoms with Gasteiger partial charge in [-0.25, -0.2) is 0 Å². The smallest absolute Gasteiger partial charge is 0.306 e. The van der Waals surface area contributed by atoms with Gasteiger partial charge in [-0.2, -0.15) is 0 Å². The third kappa shape index (κ3) is 33.1. The molecule has 0 aliphatic heterocycles. The van der Waals surface area contributed by atoms with Crippen molar-refractivity contribution in [3.8, 4) is 0 Å². The van der Waals surface area contributed by atoms with E-state index in [0.29, 0.717) is 25.8 Å². The fourth-order valence-electron chi connectivity index (χ4n) is 5.60. The van der Waals surface area contributed by atoms with Crippen LogP contribution in [0.15, 0.2) is 0 Å². The molecule has 0 saturated heterocycles. The maximum atomic E-state index is 12.6. The predicted octanol–water partition coefficient (Wildman–Crippen LogP) is 7.96. The van der Waals surface area contributed by atoms with Gasteiger partial charge in [-0.1, -0.05) is 123 Å². The van der Waals surface area contributed by atoms with Crippen molar-refractivity contribution in [2.75, 3.05) is 26.4 Å². The van der Waals surface area contributed by atoms with Crippen LogP contribution in [0.3, 0.4) is 0 Å². The molecule has 51 heavy (non-hydrogen) atoms. The molecule has 0 amide bonds. The zero-order chi connectivity index (χ0) is 37.8. The first-order valence-electron chi connectivity index (χ1n) is 20.4. The number of carbonyl (C=O) groups is 5. The maximum absolute atomic E-state index is 12.6. The molecule has 0 fully saturated rings. The molecule has 0 aliphatic carbocycles. The van der Waals surface area contributed by atoms with E-state index in [9.17, 15) is 24.0 Å². The summed E-state index contributed by atoms with van der Waals surface area (Å²) in [7, 11) is 0. The van der Waals surface area contributed by atoms with E-state index in [0.717, 1.165) is 51.4 Å². The number of unbranched alkanes of at least 4 members (excludes halogenated alkanes) is 17. The average molecular weight is 727 g/mol. The fraction of sp³-hybridized carbons (Fsp3) is 0.875. The summed E-state index contributed by atoms with van der Waals surface area (Å²) in [5.74, 6) is -2.12. The van der Waals surface area contributed by atoms with Crippen molar-refractivity contribution in [2.24, 2.45) is 11.5 Å². The summed E-state index contributed by atoms with van der Waals surface area (Å²) in [5.41, 5.74) is 11.4. The molecule has 0 aliphatic rings. The van der Waals surface area contributed by atoms with Crippen LogP contribution in [0.25, 0.3) is 0 Å².